The molecular formula is C20H20N4O. The van der Waals surface area contributed by atoms with Gasteiger partial charge >= 0.3 is 0 Å². The Labute approximate surface area is 147 Å². The van der Waals surface area contributed by atoms with E-state index in [0.29, 0.717) is 0 Å². The summed E-state index contributed by atoms with van der Waals surface area (Å²) in [5, 5.41) is 4.10. The van der Waals surface area contributed by atoms with Gasteiger partial charge in [-0.05, 0) is 23.8 Å². The van der Waals surface area contributed by atoms with Crippen molar-refractivity contribution in [2.24, 2.45) is 7.05 Å². The Morgan fingerprint density at radius 3 is 2.56 bits per heavy atom. The van der Waals surface area contributed by atoms with Crippen LogP contribution < -0.4 is 0 Å². The number of amides is 1. The third-order valence-corrected chi connectivity index (χ3v) is 3.96. The van der Waals surface area contributed by atoms with Crippen LogP contribution in [0.1, 0.15) is 22.9 Å². The molecule has 5 heteroatoms. The molecule has 5 nitrogen and oxygen atoms in total. The van der Waals surface area contributed by atoms with Crippen LogP contribution in [0, 0.1) is 0 Å². The smallest absolute Gasteiger partial charge is 0.247 e. The highest BCUT2D eigenvalue weighted by Gasteiger charge is 2.23. The van der Waals surface area contributed by atoms with Crippen molar-refractivity contribution in [1.82, 2.24) is 19.7 Å². The van der Waals surface area contributed by atoms with E-state index >= 15 is 0 Å². The van der Waals surface area contributed by atoms with Gasteiger partial charge in [0.15, 0.2) is 0 Å². The number of aryl methyl sites for hydroxylation is 1. The van der Waals surface area contributed by atoms with Gasteiger partial charge < -0.3 is 4.90 Å². The normalized spacial score (nSPS) is 12.2. The second-order valence-corrected chi connectivity index (χ2v) is 5.80. The number of carbonyl (C=O) groups excluding carboxylic acids is 1. The van der Waals surface area contributed by atoms with Crippen LogP contribution in [0.5, 0.6) is 0 Å². The van der Waals surface area contributed by atoms with Gasteiger partial charge in [-0.1, -0.05) is 36.4 Å². The van der Waals surface area contributed by atoms with Crippen LogP contribution in [-0.4, -0.2) is 32.6 Å². The standard InChI is InChI=1S/C20H20N4O/c1-23-15-16(14-22-23)11-12-19(25)24(2)20(17-8-4-3-5-9-17)18-10-6-7-13-21-18/h3-15,20H,1-2H3/b12-11+/t20-/m1/s1. The van der Waals surface area contributed by atoms with E-state index in [2.05, 4.69) is 10.1 Å². The molecule has 0 fully saturated rings. The van der Waals surface area contributed by atoms with Gasteiger partial charge in [-0.3, -0.25) is 14.5 Å². The van der Waals surface area contributed by atoms with Crippen molar-refractivity contribution in [3.8, 4) is 0 Å². The van der Waals surface area contributed by atoms with Crippen LogP contribution in [0.25, 0.3) is 6.08 Å². The molecule has 1 amide bonds. The number of benzene rings is 1. The van der Waals surface area contributed by atoms with Gasteiger partial charge in [-0.25, -0.2) is 0 Å². The third kappa shape index (κ3) is 4.01. The minimum atomic E-state index is -0.242. The summed E-state index contributed by atoms with van der Waals surface area (Å²) in [5.41, 5.74) is 2.74. The predicted molar refractivity (Wildman–Crippen MR) is 97.5 cm³/mol. The molecule has 2 heterocycles. The molecule has 0 saturated heterocycles. The van der Waals surface area contributed by atoms with E-state index < -0.39 is 0 Å². The Morgan fingerprint density at radius 2 is 1.92 bits per heavy atom. The Bertz CT molecular complexity index is 816. The molecule has 126 valence electrons. The summed E-state index contributed by atoms with van der Waals surface area (Å²) >= 11 is 0. The van der Waals surface area contributed by atoms with Crippen molar-refractivity contribution < 1.29 is 4.79 Å². The van der Waals surface area contributed by atoms with E-state index in [1.54, 1.807) is 41.2 Å². The minimum absolute atomic E-state index is 0.0941. The Balaban J connectivity index is 1.87. The molecule has 1 aromatic carbocycles. The maximum absolute atomic E-state index is 12.7. The van der Waals surface area contributed by atoms with Gasteiger partial charge in [-0.2, -0.15) is 5.10 Å². The first-order chi connectivity index (χ1) is 12.1. The average Bonchev–Trinajstić information content (AvgIpc) is 3.07. The summed E-state index contributed by atoms with van der Waals surface area (Å²) in [6.07, 6.45) is 8.66. The maximum atomic E-state index is 12.7. The largest absolute Gasteiger partial charge is 0.329 e. The Morgan fingerprint density at radius 1 is 1.16 bits per heavy atom. The van der Waals surface area contributed by atoms with Gasteiger partial charge in [0.1, 0.15) is 0 Å². The van der Waals surface area contributed by atoms with Gasteiger partial charge in [-0.15, -0.1) is 0 Å². The number of rotatable bonds is 5. The summed E-state index contributed by atoms with van der Waals surface area (Å²) < 4.78 is 1.70. The number of hydrogen-bond donors (Lipinski definition) is 0. The molecule has 0 unspecified atom stereocenters. The monoisotopic (exact) mass is 332 g/mol. The quantitative estimate of drug-likeness (QED) is 0.675. The van der Waals surface area contributed by atoms with Gasteiger partial charge in [0, 0.05) is 38.1 Å². The summed E-state index contributed by atoms with van der Waals surface area (Å²) in [6, 6.07) is 15.4. The fraction of sp³-hybridized carbons (Fsp3) is 0.150. The molecule has 0 aliphatic heterocycles. The zero-order chi connectivity index (χ0) is 17.6. The van der Waals surface area contributed by atoms with E-state index in [-0.39, 0.29) is 11.9 Å². The van der Waals surface area contributed by atoms with E-state index in [0.717, 1.165) is 16.8 Å². The first-order valence-electron chi connectivity index (χ1n) is 8.04. The highest BCUT2D eigenvalue weighted by Crippen LogP contribution is 2.26. The third-order valence-electron chi connectivity index (χ3n) is 3.96. The lowest BCUT2D eigenvalue weighted by Crippen LogP contribution is -2.31. The number of pyridine rings is 1. The molecule has 1 atom stereocenters. The van der Waals surface area contributed by atoms with Crippen LogP contribution in [0.15, 0.2) is 73.2 Å². The van der Waals surface area contributed by atoms with E-state index in [1.807, 2.05) is 61.8 Å². The molecule has 0 N–H and O–H groups in total. The van der Waals surface area contributed by atoms with E-state index in [1.165, 1.54) is 0 Å². The lowest BCUT2D eigenvalue weighted by atomic mass is 10.0. The molecule has 0 saturated carbocycles. The summed E-state index contributed by atoms with van der Waals surface area (Å²) in [4.78, 5) is 18.8. The van der Waals surface area contributed by atoms with Gasteiger partial charge in [0.05, 0.1) is 17.9 Å². The Kier molecular flexibility index (Phi) is 5.04. The fourth-order valence-corrected chi connectivity index (χ4v) is 2.70. The molecule has 0 aliphatic rings. The molecule has 0 aliphatic carbocycles. The number of hydrogen-bond acceptors (Lipinski definition) is 3. The number of likely N-dealkylation sites (N-methyl/N-ethyl adjacent to an activating group) is 1. The van der Waals surface area contributed by atoms with Crippen LogP contribution in [-0.2, 0) is 11.8 Å². The van der Waals surface area contributed by atoms with E-state index in [9.17, 15) is 4.79 Å². The Hall–Kier alpha value is -3.21. The topological polar surface area (TPSA) is 51.0 Å². The predicted octanol–water partition coefficient (Wildman–Crippen LogP) is 3.08. The number of aromatic nitrogens is 3. The van der Waals surface area contributed by atoms with Gasteiger partial charge in [0.2, 0.25) is 5.91 Å². The molecule has 25 heavy (non-hydrogen) atoms. The second-order valence-electron chi connectivity index (χ2n) is 5.80. The average molecular weight is 332 g/mol. The molecule has 2 aromatic heterocycles. The number of carbonyl (C=O) groups is 1. The van der Waals surface area contributed by atoms with Crippen molar-refractivity contribution in [3.05, 3.63) is 90.0 Å². The van der Waals surface area contributed by atoms with Crippen LogP contribution >= 0.6 is 0 Å². The van der Waals surface area contributed by atoms with Crippen LogP contribution in [0.2, 0.25) is 0 Å². The zero-order valence-electron chi connectivity index (χ0n) is 14.3. The summed E-state index contributed by atoms with van der Waals surface area (Å²) in [6.45, 7) is 0. The maximum Gasteiger partial charge on any atom is 0.247 e. The van der Waals surface area contributed by atoms with Crippen molar-refractivity contribution in [2.75, 3.05) is 7.05 Å². The highest BCUT2D eigenvalue weighted by atomic mass is 16.2. The molecular weight excluding hydrogens is 312 g/mol. The van der Waals surface area contributed by atoms with Crippen molar-refractivity contribution >= 4 is 12.0 Å². The SMILES string of the molecule is CN(C(=O)/C=C/c1cnn(C)c1)[C@H](c1ccccc1)c1ccccn1. The molecule has 0 radical (unpaired) electrons. The lowest BCUT2D eigenvalue weighted by Gasteiger charge is -2.27. The second kappa shape index (κ2) is 7.57. The first-order valence-corrected chi connectivity index (χ1v) is 8.04. The van der Waals surface area contributed by atoms with Crippen molar-refractivity contribution in [3.63, 3.8) is 0 Å². The van der Waals surface area contributed by atoms with Crippen molar-refractivity contribution in [1.29, 1.82) is 0 Å². The van der Waals surface area contributed by atoms with Crippen LogP contribution in [0.3, 0.4) is 0 Å². The van der Waals surface area contributed by atoms with Gasteiger partial charge in [0.25, 0.3) is 0 Å². The summed E-state index contributed by atoms with van der Waals surface area (Å²) in [7, 11) is 3.64. The summed E-state index contributed by atoms with van der Waals surface area (Å²) in [5.74, 6) is -0.0941. The molecule has 3 rings (SSSR count). The minimum Gasteiger partial charge on any atom is -0.329 e. The van der Waals surface area contributed by atoms with E-state index in [4.69, 9.17) is 0 Å². The highest BCUT2D eigenvalue weighted by molar-refractivity contribution is 5.92. The lowest BCUT2D eigenvalue weighted by molar-refractivity contribution is -0.126. The fourth-order valence-electron chi connectivity index (χ4n) is 2.70. The van der Waals surface area contributed by atoms with Crippen LogP contribution in [0.4, 0.5) is 0 Å². The molecule has 3 aromatic rings. The molecule has 0 spiro atoms. The number of nitrogens with zero attached hydrogens (tertiary/aromatic N) is 4. The first kappa shape index (κ1) is 16.6. The molecule has 0 bridgehead atoms. The van der Waals surface area contributed by atoms with Crippen molar-refractivity contribution in [2.45, 2.75) is 6.04 Å². The zero-order valence-corrected chi connectivity index (χ0v) is 14.3.